The second kappa shape index (κ2) is 8.69. The number of carbonyl (C=O) groups excluding carboxylic acids is 2. The van der Waals surface area contributed by atoms with E-state index in [1.807, 2.05) is 0 Å². The highest BCUT2D eigenvalue weighted by atomic mass is 35.5. The smallest absolute Gasteiger partial charge is 0.323 e. The van der Waals surface area contributed by atoms with E-state index in [-0.39, 0.29) is 12.0 Å². The minimum absolute atomic E-state index is 0.0623. The summed E-state index contributed by atoms with van der Waals surface area (Å²) in [6, 6.07) is 13.2. The Labute approximate surface area is 156 Å². The van der Waals surface area contributed by atoms with Crippen molar-refractivity contribution in [1.82, 2.24) is 5.32 Å². The number of benzene rings is 2. The van der Waals surface area contributed by atoms with E-state index in [1.54, 1.807) is 48.5 Å². The Morgan fingerprint density at radius 1 is 1.08 bits per heavy atom. The fourth-order valence-electron chi connectivity index (χ4n) is 2.72. The van der Waals surface area contributed by atoms with Gasteiger partial charge in [0.05, 0.1) is 17.4 Å². The van der Waals surface area contributed by atoms with Gasteiger partial charge in [0.2, 0.25) is 0 Å². The molecule has 1 heterocycles. The molecular weight excluding hydrogens is 354 g/mol. The third kappa shape index (κ3) is 4.97. The number of para-hydroxylation sites is 1. The van der Waals surface area contributed by atoms with Crippen molar-refractivity contribution in [2.75, 3.05) is 23.8 Å². The maximum atomic E-state index is 12.4. The van der Waals surface area contributed by atoms with Crippen molar-refractivity contribution in [3.63, 3.8) is 0 Å². The Hall–Kier alpha value is -2.57. The summed E-state index contributed by atoms with van der Waals surface area (Å²) < 4.78 is 5.50. The molecule has 0 bridgehead atoms. The van der Waals surface area contributed by atoms with Crippen molar-refractivity contribution in [3.05, 3.63) is 59.1 Å². The SMILES string of the molecule is O=C(Nc1ccc(Cl)cc1)Nc1ccccc1C(=O)NC[C@H]1CCCO1. The van der Waals surface area contributed by atoms with Crippen LogP contribution in [0.4, 0.5) is 16.2 Å². The van der Waals surface area contributed by atoms with Gasteiger partial charge >= 0.3 is 6.03 Å². The van der Waals surface area contributed by atoms with Gasteiger partial charge in [-0.25, -0.2) is 4.79 Å². The third-order valence-electron chi connectivity index (χ3n) is 4.04. The largest absolute Gasteiger partial charge is 0.376 e. The van der Waals surface area contributed by atoms with E-state index in [1.165, 1.54) is 0 Å². The van der Waals surface area contributed by atoms with Gasteiger partial charge in [0, 0.05) is 23.9 Å². The van der Waals surface area contributed by atoms with E-state index >= 15 is 0 Å². The van der Waals surface area contributed by atoms with Crippen LogP contribution in [0.1, 0.15) is 23.2 Å². The maximum Gasteiger partial charge on any atom is 0.323 e. The van der Waals surface area contributed by atoms with E-state index in [0.717, 1.165) is 19.4 Å². The number of anilines is 2. The van der Waals surface area contributed by atoms with Gasteiger partial charge in [-0.2, -0.15) is 0 Å². The zero-order valence-electron chi connectivity index (χ0n) is 14.1. The lowest BCUT2D eigenvalue weighted by Gasteiger charge is -2.14. The summed E-state index contributed by atoms with van der Waals surface area (Å²) in [5.41, 5.74) is 1.44. The first-order chi connectivity index (χ1) is 12.6. The standard InChI is InChI=1S/C19H20ClN3O3/c20-13-7-9-14(10-8-13)22-19(25)23-17-6-2-1-5-16(17)18(24)21-12-15-4-3-11-26-15/h1-2,5-10,15H,3-4,11-12H2,(H,21,24)(H2,22,23,25)/t15-/m1/s1. The number of hydrogen-bond acceptors (Lipinski definition) is 3. The fraction of sp³-hybridized carbons (Fsp3) is 0.263. The molecule has 0 aromatic heterocycles. The molecular formula is C19H20ClN3O3. The number of halogens is 1. The highest BCUT2D eigenvalue weighted by molar-refractivity contribution is 6.30. The molecule has 0 unspecified atom stereocenters. The van der Waals surface area contributed by atoms with Crippen LogP contribution in [0.3, 0.4) is 0 Å². The van der Waals surface area contributed by atoms with Gasteiger partial charge in [-0.1, -0.05) is 23.7 Å². The van der Waals surface area contributed by atoms with Crippen LogP contribution in [0.15, 0.2) is 48.5 Å². The number of rotatable bonds is 5. The zero-order valence-corrected chi connectivity index (χ0v) is 14.9. The van der Waals surface area contributed by atoms with E-state index in [9.17, 15) is 9.59 Å². The van der Waals surface area contributed by atoms with E-state index in [4.69, 9.17) is 16.3 Å². The lowest BCUT2D eigenvalue weighted by molar-refractivity contribution is 0.0858. The number of amides is 3. The molecule has 136 valence electrons. The second-order valence-electron chi connectivity index (χ2n) is 5.98. The van der Waals surface area contributed by atoms with Gasteiger partial charge < -0.3 is 20.7 Å². The van der Waals surface area contributed by atoms with Crippen LogP contribution >= 0.6 is 11.6 Å². The molecule has 3 amide bonds. The first-order valence-electron chi connectivity index (χ1n) is 8.44. The molecule has 0 spiro atoms. The third-order valence-corrected chi connectivity index (χ3v) is 4.29. The van der Waals surface area contributed by atoms with E-state index in [0.29, 0.717) is 28.5 Å². The summed E-state index contributed by atoms with van der Waals surface area (Å²) in [5.74, 6) is -0.247. The molecule has 1 fully saturated rings. The van der Waals surface area contributed by atoms with Crippen LogP contribution in [0.25, 0.3) is 0 Å². The Morgan fingerprint density at radius 2 is 1.85 bits per heavy atom. The predicted octanol–water partition coefficient (Wildman–Crippen LogP) is 3.89. The molecule has 7 heteroatoms. The van der Waals surface area contributed by atoms with Crippen LogP contribution in [0.2, 0.25) is 5.02 Å². The van der Waals surface area contributed by atoms with Gasteiger partial charge in [-0.15, -0.1) is 0 Å². The van der Waals surface area contributed by atoms with Crippen molar-refractivity contribution < 1.29 is 14.3 Å². The maximum absolute atomic E-state index is 12.4. The average molecular weight is 374 g/mol. The number of carbonyl (C=O) groups is 2. The van der Waals surface area contributed by atoms with Crippen LogP contribution in [0.5, 0.6) is 0 Å². The highest BCUT2D eigenvalue weighted by Crippen LogP contribution is 2.17. The summed E-state index contributed by atoms with van der Waals surface area (Å²) in [6.07, 6.45) is 2.03. The minimum Gasteiger partial charge on any atom is -0.376 e. The molecule has 1 atom stereocenters. The molecule has 2 aromatic rings. The summed E-state index contributed by atoms with van der Waals surface area (Å²) >= 11 is 5.83. The zero-order chi connectivity index (χ0) is 18.4. The Bertz CT molecular complexity index is 774. The van der Waals surface area contributed by atoms with Gasteiger partial charge in [-0.05, 0) is 49.2 Å². The molecule has 1 aliphatic rings. The van der Waals surface area contributed by atoms with Crippen molar-refractivity contribution in [2.24, 2.45) is 0 Å². The van der Waals surface area contributed by atoms with E-state index < -0.39 is 6.03 Å². The number of nitrogens with one attached hydrogen (secondary N) is 3. The summed E-state index contributed by atoms with van der Waals surface area (Å²) in [7, 11) is 0. The predicted molar refractivity (Wildman–Crippen MR) is 102 cm³/mol. The lowest BCUT2D eigenvalue weighted by Crippen LogP contribution is -2.32. The molecule has 3 rings (SSSR count). The fourth-order valence-corrected chi connectivity index (χ4v) is 2.84. The van der Waals surface area contributed by atoms with Crippen LogP contribution in [-0.4, -0.2) is 31.2 Å². The van der Waals surface area contributed by atoms with Crippen molar-refractivity contribution >= 4 is 34.9 Å². The van der Waals surface area contributed by atoms with E-state index in [2.05, 4.69) is 16.0 Å². The quantitative estimate of drug-likeness (QED) is 0.743. The number of ether oxygens (including phenoxy) is 1. The van der Waals surface area contributed by atoms with Gasteiger partial charge in [0.25, 0.3) is 5.91 Å². The number of urea groups is 1. The van der Waals surface area contributed by atoms with Crippen LogP contribution < -0.4 is 16.0 Å². The number of hydrogen-bond donors (Lipinski definition) is 3. The monoisotopic (exact) mass is 373 g/mol. The first kappa shape index (κ1) is 18.2. The highest BCUT2D eigenvalue weighted by Gasteiger charge is 2.18. The van der Waals surface area contributed by atoms with Crippen LogP contribution in [-0.2, 0) is 4.74 Å². The molecule has 3 N–H and O–H groups in total. The lowest BCUT2D eigenvalue weighted by atomic mass is 10.1. The molecule has 1 saturated heterocycles. The summed E-state index contributed by atoms with van der Waals surface area (Å²) in [4.78, 5) is 24.6. The molecule has 1 aliphatic heterocycles. The van der Waals surface area contributed by atoms with Gasteiger partial charge in [-0.3, -0.25) is 4.79 Å². The molecule has 0 aliphatic carbocycles. The van der Waals surface area contributed by atoms with Crippen molar-refractivity contribution in [1.29, 1.82) is 0 Å². The van der Waals surface area contributed by atoms with Crippen molar-refractivity contribution in [2.45, 2.75) is 18.9 Å². The Morgan fingerprint density at radius 3 is 2.58 bits per heavy atom. The molecule has 0 radical (unpaired) electrons. The second-order valence-corrected chi connectivity index (χ2v) is 6.41. The Balaban J connectivity index is 1.61. The molecule has 26 heavy (non-hydrogen) atoms. The van der Waals surface area contributed by atoms with Gasteiger partial charge in [0.15, 0.2) is 0 Å². The average Bonchev–Trinajstić information content (AvgIpc) is 3.16. The minimum atomic E-state index is -0.438. The molecule has 2 aromatic carbocycles. The topological polar surface area (TPSA) is 79.5 Å². The van der Waals surface area contributed by atoms with Crippen molar-refractivity contribution in [3.8, 4) is 0 Å². The first-order valence-corrected chi connectivity index (χ1v) is 8.82. The summed E-state index contributed by atoms with van der Waals surface area (Å²) in [6.45, 7) is 1.20. The Kier molecular flexibility index (Phi) is 6.09. The normalized spacial score (nSPS) is 16.1. The summed E-state index contributed by atoms with van der Waals surface area (Å²) in [5, 5.41) is 8.85. The van der Waals surface area contributed by atoms with Crippen LogP contribution in [0, 0.1) is 0 Å². The van der Waals surface area contributed by atoms with Gasteiger partial charge in [0.1, 0.15) is 0 Å². The molecule has 6 nitrogen and oxygen atoms in total. The molecule has 0 saturated carbocycles.